The van der Waals surface area contributed by atoms with E-state index in [-0.39, 0.29) is 5.91 Å². The Morgan fingerprint density at radius 3 is 2.68 bits per heavy atom. The highest BCUT2D eigenvalue weighted by molar-refractivity contribution is 6.53. The Kier molecular flexibility index (Phi) is 4.41. The molecule has 1 aliphatic carbocycles. The summed E-state index contributed by atoms with van der Waals surface area (Å²) < 4.78 is -0.881. The van der Waals surface area contributed by atoms with Crippen molar-refractivity contribution in [3.05, 3.63) is 35.4 Å². The molecule has 1 aromatic rings. The predicted octanol–water partition coefficient (Wildman–Crippen LogP) is 3.13. The average molecular weight is 341 g/mol. The van der Waals surface area contributed by atoms with Gasteiger partial charge in [0.15, 0.2) is 0 Å². The fraction of sp³-hybridized carbons (Fsp3) is 0.588. The highest BCUT2D eigenvalue weighted by Crippen LogP contribution is 2.63. The molecule has 1 heterocycles. The summed E-state index contributed by atoms with van der Waals surface area (Å²) in [6, 6.07) is 8.63. The molecular formula is C17H22Cl2N2O. The second kappa shape index (κ2) is 6.03. The summed E-state index contributed by atoms with van der Waals surface area (Å²) in [7, 11) is 0. The van der Waals surface area contributed by atoms with Crippen LogP contribution >= 0.6 is 23.2 Å². The number of nitrogens with one attached hydrogen (secondary N) is 1. The number of carbonyl (C=O) groups is 1. The van der Waals surface area contributed by atoms with Crippen LogP contribution in [0.4, 0.5) is 0 Å². The van der Waals surface area contributed by atoms with Gasteiger partial charge in [0, 0.05) is 26.2 Å². The smallest absolute Gasteiger partial charge is 0.229 e. The first-order valence-corrected chi connectivity index (χ1v) is 8.63. The highest BCUT2D eigenvalue weighted by Gasteiger charge is 2.67. The SMILES string of the molecule is CC1(C(=O)NCCCN2CCc3ccccc3C2)CC1(Cl)Cl. The molecule has 1 saturated carbocycles. The quantitative estimate of drug-likeness (QED) is 0.659. The van der Waals surface area contributed by atoms with Gasteiger partial charge in [-0.15, -0.1) is 23.2 Å². The zero-order valence-electron chi connectivity index (χ0n) is 12.9. The van der Waals surface area contributed by atoms with Crippen LogP contribution in [0.5, 0.6) is 0 Å². The summed E-state index contributed by atoms with van der Waals surface area (Å²) in [4.78, 5) is 14.5. The Bertz CT molecular complexity index is 576. The second-order valence-corrected chi connectivity index (χ2v) is 8.10. The van der Waals surface area contributed by atoms with Crippen LogP contribution in [-0.2, 0) is 17.8 Å². The van der Waals surface area contributed by atoms with E-state index in [9.17, 15) is 4.79 Å². The van der Waals surface area contributed by atoms with E-state index in [1.54, 1.807) is 0 Å². The molecule has 5 heteroatoms. The van der Waals surface area contributed by atoms with Crippen molar-refractivity contribution >= 4 is 29.1 Å². The number of hydrogen-bond donors (Lipinski definition) is 1. The van der Waals surface area contributed by atoms with Crippen molar-refractivity contribution in [2.75, 3.05) is 19.6 Å². The molecular weight excluding hydrogens is 319 g/mol. The molecule has 0 aromatic heterocycles. The molecule has 2 aliphatic rings. The summed E-state index contributed by atoms with van der Waals surface area (Å²) in [6.07, 6.45) is 2.60. The minimum absolute atomic E-state index is 0.0264. The van der Waals surface area contributed by atoms with Crippen LogP contribution in [0.1, 0.15) is 30.9 Å². The Balaban J connectivity index is 1.39. The zero-order chi connectivity index (χ0) is 15.8. The molecule has 1 N–H and O–H groups in total. The number of fused-ring (bicyclic) bond motifs is 1. The van der Waals surface area contributed by atoms with E-state index in [0.29, 0.717) is 13.0 Å². The Labute approximate surface area is 142 Å². The van der Waals surface area contributed by atoms with E-state index in [1.807, 2.05) is 6.92 Å². The van der Waals surface area contributed by atoms with Gasteiger partial charge in [-0.25, -0.2) is 0 Å². The Morgan fingerprint density at radius 1 is 1.32 bits per heavy atom. The number of benzene rings is 1. The number of carbonyl (C=O) groups excluding carboxylic acids is 1. The monoisotopic (exact) mass is 340 g/mol. The van der Waals surface area contributed by atoms with Crippen LogP contribution in [0.15, 0.2) is 24.3 Å². The molecule has 3 nitrogen and oxygen atoms in total. The van der Waals surface area contributed by atoms with Gasteiger partial charge in [-0.05, 0) is 37.3 Å². The van der Waals surface area contributed by atoms with Crippen LogP contribution in [0.25, 0.3) is 0 Å². The standard InChI is InChI=1S/C17H22Cl2N2O/c1-16(12-17(16,18)19)15(22)20-8-4-9-21-10-7-13-5-2-3-6-14(13)11-21/h2-3,5-6H,4,7-12H2,1H3,(H,20,22). The van der Waals surface area contributed by atoms with Gasteiger partial charge in [0.25, 0.3) is 0 Å². The molecule has 120 valence electrons. The molecule has 1 aromatic carbocycles. The zero-order valence-corrected chi connectivity index (χ0v) is 14.4. The lowest BCUT2D eigenvalue weighted by molar-refractivity contribution is -0.125. The normalized spacial score (nSPS) is 26.3. The molecule has 1 atom stereocenters. The maximum atomic E-state index is 12.1. The number of nitrogens with zero attached hydrogens (tertiary/aromatic N) is 1. The number of halogens is 2. The highest BCUT2D eigenvalue weighted by atomic mass is 35.5. The first-order valence-electron chi connectivity index (χ1n) is 7.88. The molecule has 22 heavy (non-hydrogen) atoms. The second-order valence-electron chi connectivity index (χ2n) is 6.62. The average Bonchev–Trinajstić information content (AvgIpc) is 3.03. The van der Waals surface area contributed by atoms with Crippen molar-refractivity contribution in [2.24, 2.45) is 5.41 Å². The minimum Gasteiger partial charge on any atom is -0.355 e. The van der Waals surface area contributed by atoms with E-state index in [4.69, 9.17) is 23.2 Å². The maximum absolute atomic E-state index is 12.1. The summed E-state index contributed by atoms with van der Waals surface area (Å²) in [5, 5.41) is 2.96. The van der Waals surface area contributed by atoms with Crippen LogP contribution in [0.3, 0.4) is 0 Å². The molecule has 0 spiro atoms. The third kappa shape index (κ3) is 3.12. The first-order chi connectivity index (χ1) is 10.4. The van der Waals surface area contributed by atoms with Gasteiger partial charge in [-0.1, -0.05) is 24.3 Å². The van der Waals surface area contributed by atoms with Gasteiger partial charge in [-0.3, -0.25) is 9.69 Å². The number of amides is 1. The summed E-state index contributed by atoms with van der Waals surface area (Å²) in [5.74, 6) is -0.0264. The summed E-state index contributed by atoms with van der Waals surface area (Å²) >= 11 is 12.0. The Morgan fingerprint density at radius 2 is 2.00 bits per heavy atom. The van der Waals surface area contributed by atoms with Crippen LogP contribution in [0.2, 0.25) is 0 Å². The van der Waals surface area contributed by atoms with Gasteiger partial charge in [0.1, 0.15) is 4.33 Å². The summed E-state index contributed by atoms with van der Waals surface area (Å²) in [6.45, 7) is 5.60. The van der Waals surface area contributed by atoms with Crippen molar-refractivity contribution in [1.29, 1.82) is 0 Å². The fourth-order valence-corrected chi connectivity index (χ4v) is 3.80. The fourth-order valence-electron chi connectivity index (χ4n) is 3.09. The topological polar surface area (TPSA) is 32.3 Å². The van der Waals surface area contributed by atoms with Crippen LogP contribution in [0, 0.1) is 5.41 Å². The first kappa shape index (κ1) is 16.1. The number of hydrogen-bond acceptors (Lipinski definition) is 2. The third-order valence-electron chi connectivity index (χ3n) is 4.91. The van der Waals surface area contributed by atoms with Gasteiger partial charge in [0.2, 0.25) is 5.91 Å². The predicted molar refractivity (Wildman–Crippen MR) is 90.2 cm³/mol. The molecule has 1 unspecified atom stereocenters. The van der Waals surface area contributed by atoms with Gasteiger partial charge < -0.3 is 5.32 Å². The number of alkyl halides is 2. The maximum Gasteiger partial charge on any atom is 0.229 e. The van der Waals surface area contributed by atoms with Crippen molar-refractivity contribution in [1.82, 2.24) is 10.2 Å². The van der Waals surface area contributed by atoms with Crippen molar-refractivity contribution < 1.29 is 4.79 Å². The largest absolute Gasteiger partial charge is 0.355 e. The molecule has 1 aliphatic heterocycles. The van der Waals surface area contributed by atoms with Gasteiger partial charge in [0.05, 0.1) is 5.41 Å². The lowest BCUT2D eigenvalue weighted by Crippen LogP contribution is -2.36. The van der Waals surface area contributed by atoms with E-state index in [1.165, 1.54) is 11.1 Å². The van der Waals surface area contributed by atoms with Gasteiger partial charge >= 0.3 is 0 Å². The van der Waals surface area contributed by atoms with Crippen LogP contribution in [-0.4, -0.2) is 34.8 Å². The van der Waals surface area contributed by atoms with E-state index >= 15 is 0 Å². The van der Waals surface area contributed by atoms with Crippen molar-refractivity contribution in [2.45, 2.75) is 37.1 Å². The Hall–Kier alpha value is -0.770. The molecule has 0 radical (unpaired) electrons. The molecule has 1 fully saturated rings. The lowest BCUT2D eigenvalue weighted by Gasteiger charge is -2.28. The molecule has 0 bridgehead atoms. The van der Waals surface area contributed by atoms with E-state index in [0.717, 1.165) is 32.5 Å². The summed E-state index contributed by atoms with van der Waals surface area (Å²) in [5.41, 5.74) is 2.28. The molecule has 3 rings (SSSR count). The molecule has 1 amide bonds. The number of rotatable bonds is 5. The van der Waals surface area contributed by atoms with E-state index < -0.39 is 9.75 Å². The van der Waals surface area contributed by atoms with Gasteiger partial charge in [-0.2, -0.15) is 0 Å². The minimum atomic E-state index is -0.881. The van der Waals surface area contributed by atoms with Crippen LogP contribution < -0.4 is 5.32 Å². The lowest BCUT2D eigenvalue weighted by atomic mass is 10.00. The third-order valence-corrected chi connectivity index (χ3v) is 6.01. The van der Waals surface area contributed by atoms with Crippen molar-refractivity contribution in [3.8, 4) is 0 Å². The van der Waals surface area contributed by atoms with Crippen molar-refractivity contribution in [3.63, 3.8) is 0 Å². The molecule has 0 saturated heterocycles. The van der Waals surface area contributed by atoms with E-state index in [2.05, 4.69) is 34.5 Å².